The Labute approximate surface area is 135 Å². The highest BCUT2D eigenvalue weighted by Crippen LogP contribution is 2.23. The summed E-state index contributed by atoms with van der Waals surface area (Å²) in [6.45, 7) is 12.8. The van der Waals surface area contributed by atoms with Gasteiger partial charge in [0.2, 0.25) is 0 Å². The number of hydrogen-bond acceptors (Lipinski definition) is 2. The van der Waals surface area contributed by atoms with Gasteiger partial charge in [0, 0.05) is 0 Å². The monoisotopic (exact) mass is 306 g/mol. The van der Waals surface area contributed by atoms with Gasteiger partial charge in [0.15, 0.2) is 0 Å². The first-order chi connectivity index (χ1) is 10.7. The summed E-state index contributed by atoms with van der Waals surface area (Å²) in [4.78, 5) is 1.72. The summed E-state index contributed by atoms with van der Waals surface area (Å²) in [6.07, 6.45) is 5.08. The minimum Gasteiger partial charge on any atom is -0.493 e. The molecule has 3 nitrogen and oxygen atoms in total. The fourth-order valence-corrected chi connectivity index (χ4v) is 3.07. The maximum atomic E-state index is 5.97. The van der Waals surface area contributed by atoms with E-state index < -0.39 is 0 Å². The molecule has 1 N–H and O–H groups in total. The lowest BCUT2D eigenvalue weighted by Gasteiger charge is -2.23. The van der Waals surface area contributed by atoms with Crippen LogP contribution in [0.1, 0.15) is 42.4 Å². The predicted octanol–water partition coefficient (Wildman–Crippen LogP) is 2.47. The van der Waals surface area contributed by atoms with Crippen LogP contribution in [0.2, 0.25) is 0 Å². The molecule has 1 aromatic rings. The van der Waals surface area contributed by atoms with Crippen LogP contribution in [0, 0.1) is 20.8 Å². The molecule has 1 aliphatic rings. The van der Waals surface area contributed by atoms with Crippen LogP contribution < -0.4 is 9.64 Å². The van der Waals surface area contributed by atoms with Crippen LogP contribution in [0.5, 0.6) is 5.75 Å². The van der Waals surface area contributed by atoms with Gasteiger partial charge in [-0.05, 0) is 69.2 Å². The average molecular weight is 306 g/mol. The van der Waals surface area contributed by atoms with E-state index in [9.17, 15) is 0 Å². The second-order valence-corrected chi connectivity index (χ2v) is 6.58. The Hall–Kier alpha value is -1.06. The third-order valence-electron chi connectivity index (χ3n) is 4.65. The molecule has 1 aliphatic heterocycles. The maximum Gasteiger partial charge on any atom is 0.122 e. The molecule has 2 rings (SSSR count). The second kappa shape index (κ2) is 9.16. The molecule has 0 spiro atoms. The minimum absolute atomic E-state index is 0.841. The van der Waals surface area contributed by atoms with Gasteiger partial charge in [-0.25, -0.2) is 0 Å². The quantitative estimate of drug-likeness (QED) is 0.746. The van der Waals surface area contributed by atoms with Crippen molar-refractivity contribution in [2.75, 3.05) is 39.5 Å². The SMILES string of the molecule is Cc1cc(C)c(C)c(OCCCCCC[NH+]2CCOCC2)c1. The Morgan fingerprint density at radius 2 is 1.73 bits per heavy atom. The number of benzene rings is 1. The molecule has 1 heterocycles. The van der Waals surface area contributed by atoms with Crippen molar-refractivity contribution in [3.05, 3.63) is 28.8 Å². The van der Waals surface area contributed by atoms with E-state index in [4.69, 9.17) is 9.47 Å². The smallest absolute Gasteiger partial charge is 0.122 e. The lowest BCUT2D eigenvalue weighted by molar-refractivity contribution is -0.908. The van der Waals surface area contributed by atoms with E-state index in [1.807, 2.05) is 0 Å². The Morgan fingerprint density at radius 1 is 1.00 bits per heavy atom. The molecule has 0 aliphatic carbocycles. The number of nitrogens with one attached hydrogen (secondary N) is 1. The third-order valence-corrected chi connectivity index (χ3v) is 4.65. The lowest BCUT2D eigenvalue weighted by atomic mass is 10.1. The highest BCUT2D eigenvalue weighted by atomic mass is 16.5. The lowest BCUT2D eigenvalue weighted by Crippen LogP contribution is -3.14. The van der Waals surface area contributed by atoms with E-state index in [2.05, 4.69) is 32.9 Å². The normalized spacial score (nSPS) is 16.0. The van der Waals surface area contributed by atoms with Gasteiger partial charge in [-0.3, -0.25) is 0 Å². The Balaban J connectivity index is 1.56. The maximum absolute atomic E-state index is 5.97. The van der Waals surface area contributed by atoms with Gasteiger partial charge in [-0.1, -0.05) is 6.07 Å². The van der Waals surface area contributed by atoms with Crippen LogP contribution in [0.15, 0.2) is 12.1 Å². The van der Waals surface area contributed by atoms with E-state index in [1.165, 1.54) is 55.6 Å². The summed E-state index contributed by atoms with van der Waals surface area (Å²) in [6, 6.07) is 4.38. The molecule has 0 saturated carbocycles. The average Bonchev–Trinajstić information content (AvgIpc) is 2.52. The molecule has 0 bridgehead atoms. The number of unbranched alkanes of at least 4 members (excludes halogenated alkanes) is 3. The van der Waals surface area contributed by atoms with Crippen molar-refractivity contribution < 1.29 is 14.4 Å². The Morgan fingerprint density at radius 3 is 2.50 bits per heavy atom. The third kappa shape index (κ3) is 5.62. The molecule has 0 radical (unpaired) electrons. The predicted molar refractivity (Wildman–Crippen MR) is 91.0 cm³/mol. The van der Waals surface area contributed by atoms with E-state index in [1.54, 1.807) is 4.90 Å². The topological polar surface area (TPSA) is 22.9 Å². The number of ether oxygens (including phenoxy) is 2. The van der Waals surface area contributed by atoms with Gasteiger partial charge >= 0.3 is 0 Å². The Bertz CT molecular complexity index is 453. The number of rotatable bonds is 8. The van der Waals surface area contributed by atoms with Crippen LogP contribution in [-0.4, -0.2) is 39.5 Å². The fraction of sp³-hybridized carbons (Fsp3) is 0.684. The largest absolute Gasteiger partial charge is 0.493 e. The summed E-state index contributed by atoms with van der Waals surface area (Å²) in [5.41, 5.74) is 3.89. The van der Waals surface area contributed by atoms with Gasteiger partial charge in [0.1, 0.15) is 18.8 Å². The van der Waals surface area contributed by atoms with Crippen molar-refractivity contribution in [1.29, 1.82) is 0 Å². The van der Waals surface area contributed by atoms with Gasteiger partial charge in [0.25, 0.3) is 0 Å². The van der Waals surface area contributed by atoms with Gasteiger partial charge in [0.05, 0.1) is 26.4 Å². The molecular weight excluding hydrogens is 274 g/mol. The zero-order chi connectivity index (χ0) is 15.8. The van der Waals surface area contributed by atoms with Crippen molar-refractivity contribution in [2.24, 2.45) is 0 Å². The van der Waals surface area contributed by atoms with Crippen LogP contribution in [0.4, 0.5) is 0 Å². The van der Waals surface area contributed by atoms with Gasteiger partial charge < -0.3 is 14.4 Å². The van der Waals surface area contributed by atoms with E-state index in [0.717, 1.165) is 32.0 Å². The van der Waals surface area contributed by atoms with E-state index in [0.29, 0.717) is 0 Å². The molecule has 124 valence electrons. The summed E-state index contributed by atoms with van der Waals surface area (Å²) < 4.78 is 11.4. The molecule has 0 aromatic heterocycles. The zero-order valence-electron chi connectivity index (χ0n) is 14.5. The van der Waals surface area contributed by atoms with Crippen molar-refractivity contribution in [3.63, 3.8) is 0 Å². The van der Waals surface area contributed by atoms with E-state index >= 15 is 0 Å². The number of quaternary nitrogens is 1. The molecule has 22 heavy (non-hydrogen) atoms. The number of aryl methyl sites for hydroxylation is 2. The van der Waals surface area contributed by atoms with E-state index in [-0.39, 0.29) is 0 Å². The van der Waals surface area contributed by atoms with Crippen molar-refractivity contribution >= 4 is 0 Å². The first-order valence-electron chi connectivity index (χ1n) is 8.79. The molecule has 1 saturated heterocycles. The van der Waals surface area contributed by atoms with Crippen molar-refractivity contribution in [3.8, 4) is 5.75 Å². The van der Waals surface area contributed by atoms with Gasteiger partial charge in [-0.2, -0.15) is 0 Å². The molecular formula is C19H32NO2+. The molecule has 0 amide bonds. The fourth-order valence-electron chi connectivity index (χ4n) is 3.07. The van der Waals surface area contributed by atoms with Crippen LogP contribution in [0.3, 0.4) is 0 Å². The number of hydrogen-bond donors (Lipinski definition) is 1. The summed E-state index contributed by atoms with van der Waals surface area (Å²) in [5.74, 6) is 1.07. The molecule has 1 fully saturated rings. The highest BCUT2D eigenvalue weighted by Gasteiger charge is 2.12. The van der Waals surface area contributed by atoms with Gasteiger partial charge in [-0.15, -0.1) is 0 Å². The van der Waals surface area contributed by atoms with Crippen molar-refractivity contribution in [1.82, 2.24) is 0 Å². The zero-order valence-corrected chi connectivity index (χ0v) is 14.5. The minimum atomic E-state index is 0.841. The first kappa shape index (κ1) is 17.3. The highest BCUT2D eigenvalue weighted by molar-refractivity contribution is 5.41. The molecule has 0 atom stereocenters. The summed E-state index contributed by atoms with van der Waals surface area (Å²) >= 11 is 0. The number of morpholine rings is 1. The molecule has 3 heteroatoms. The molecule has 0 unspecified atom stereocenters. The van der Waals surface area contributed by atoms with Crippen LogP contribution >= 0.6 is 0 Å². The van der Waals surface area contributed by atoms with Crippen molar-refractivity contribution in [2.45, 2.75) is 46.5 Å². The standard InChI is InChI=1S/C19H31NO2/c1-16-14-17(2)18(3)19(15-16)22-11-7-5-4-6-8-20-9-12-21-13-10-20/h14-15H,4-13H2,1-3H3/p+1. The van der Waals surface area contributed by atoms with Crippen LogP contribution in [0.25, 0.3) is 0 Å². The Kier molecular flexibility index (Phi) is 7.20. The summed E-state index contributed by atoms with van der Waals surface area (Å²) in [5, 5.41) is 0. The van der Waals surface area contributed by atoms with Crippen LogP contribution in [-0.2, 0) is 4.74 Å². The first-order valence-corrected chi connectivity index (χ1v) is 8.79. The molecule has 1 aromatic carbocycles. The second-order valence-electron chi connectivity index (χ2n) is 6.58. The summed E-state index contributed by atoms with van der Waals surface area (Å²) in [7, 11) is 0.